The molecule has 18 nitrogen and oxygen atoms in total. The van der Waals surface area contributed by atoms with Crippen LogP contribution in [0.25, 0.3) is 43.1 Å². The standard InChI is InChI=1S/C13H11NO2.C13H13N.C13H12.C10H7Br.C9H7Cl2NO3.C8H8ClNO.C7H6ClNO2.C3H5.C2H2Cl2O.CCl2S.CH2Cl2.CH3.BrH.Mg.HNO3.Pd.H2/c15-14(16)13-8-7-10(9-5-6-9)11-3-1-2-4-12(11)13;14-13-8-7-10(9-5-6-9)11-3-1-2-4-12(11)13;1-2-6-12-10(4-1)5-3-7-13(12)11-8-9-11;11-10-7-3-5-8-4-1-2-6-9(8)10;10-4-8(13)12-7-2-1-5(9(14)15)3-6(7)11;1-5(11)6-2-3-8(10)7(9)4-6;8-5-3-4(7(10)11)1-2-6(5)9;1-2-3-1;3-1-2(4)5;2-1(3)4;2-1-3;;;;2-1(3)4;;/h1-4,7-9H,5-6H2;1-4,7-9H,5-6,14H2;1-7,11H,8-9H2;1-7H;1-3H,4H2,(H,12,13)(H,14,15);2-4H,10H2,1H3;1-3H,9H2,(H,10,11);1H,2-3H2;1H2;;1H2;1H3;1H;;(H,2,3,4);;1H/q;;;;;;;-1;;;;-1;;+2;;;/p-1. The van der Waals surface area contributed by atoms with Crippen molar-refractivity contribution in [3.8, 4) is 0 Å². The summed E-state index contributed by atoms with van der Waals surface area (Å²) in [5.41, 5.74) is 24.2. The molecule has 0 aromatic heterocycles. The van der Waals surface area contributed by atoms with Gasteiger partial charge in [-0.1, -0.05) is 220 Å². The largest absolute Gasteiger partial charge is 2.00 e. The predicted molar refractivity (Wildman–Crippen MR) is 476 cm³/mol. The molecule has 0 spiro atoms. The van der Waals surface area contributed by atoms with Crippen LogP contribution in [-0.2, 0) is 30.0 Å². The molecular formula is C81H79Br2Cl10MgN6O12PdS-. The van der Waals surface area contributed by atoms with E-state index in [0.717, 1.165) is 32.8 Å². The Kier molecular flexibility index (Phi) is 54.4. The fraction of sp³-hybridized carbons (Fsp3) is 0.185. The number of non-ortho nitro benzene ring substituents is 1. The Labute approximate surface area is 766 Å². The number of nitrogens with zero attached hydrogens (tertiary/aromatic N) is 2. The van der Waals surface area contributed by atoms with Crippen molar-refractivity contribution >= 4 is 271 Å². The summed E-state index contributed by atoms with van der Waals surface area (Å²) in [7, 11) is 0. The van der Waals surface area contributed by atoms with Gasteiger partial charge in [0.2, 0.25) is 11.1 Å². The summed E-state index contributed by atoms with van der Waals surface area (Å²) < 4.78 is 1.11. The Morgan fingerprint density at radius 3 is 1.25 bits per heavy atom. The molecule has 0 heterocycles. The number of nitro benzene ring substituents is 1. The monoisotopic (exact) mass is 2000 g/mol. The van der Waals surface area contributed by atoms with E-state index in [1.165, 1.54) is 138 Å². The number of ketones is 1. The second-order valence-electron chi connectivity index (χ2n) is 23.6. The molecule has 0 unspecified atom stereocenters. The molecule has 0 aliphatic heterocycles. The molecule has 0 atom stereocenters. The minimum absolute atomic E-state index is 0. The van der Waals surface area contributed by atoms with Crippen molar-refractivity contribution in [2.45, 2.75) is 76.0 Å². The smallest absolute Gasteiger partial charge is 1.00 e. The van der Waals surface area contributed by atoms with Crippen LogP contribution in [0.2, 0.25) is 15.1 Å². The quantitative estimate of drug-likeness (QED) is 0.00770. The van der Waals surface area contributed by atoms with Crippen molar-refractivity contribution in [3.63, 3.8) is 0 Å². The molecule has 15 rings (SSSR count). The van der Waals surface area contributed by atoms with E-state index >= 15 is 0 Å². The molecule has 33 heteroatoms. The van der Waals surface area contributed by atoms with E-state index in [1.54, 1.807) is 29.8 Å². The van der Waals surface area contributed by atoms with Crippen molar-refractivity contribution in [2.75, 3.05) is 39.6 Å². The molecular weight excluding hydrogens is 1930 g/mol. The van der Waals surface area contributed by atoms with Gasteiger partial charge < -0.3 is 68.8 Å². The van der Waals surface area contributed by atoms with Gasteiger partial charge in [0.25, 0.3) is 10.8 Å². The van der Waals surface area contributed by atoms with Gasteiger partial charge in [0.05, 0.1) is 64.8 Å². The molecule has 114 heavy (non-hydrogen) atoms. The summed E-state index contributed by atoms with van der Waals surface area (Å²) in [4.78, 5) is 71.1. The van der Waals surface area contributed by atoms with Crippen LogP contribution in [0.5, 0.6) is 0 Å². The molecule has 11 aromatic carbocycles. The summed E-state index contributed by atoms with van der Waals surface area (Å²) in [6.07, 6.45) is 12.9. The van der Waals surface area contributed by atoms with E-state index in [4.69, 9.17) is 159 Å². The number of carboxylic acid groups (broad SMARTS) is 2. The van der Waals surface area contributed by atoms with Crippen LogP contribution in [0, 0.1) is 34.1 Å². The third kappa shape index (κ3) is 40.6. The Hall–Kier alpha value is -6.41. The molecule has 0 saturated heterocycles. The minimum atomic E-state index is -1.50. The van der Waals surface area contributed by atoms with Crippen molar-refractivity contribution in [2.24, 2.45) is 0 Å². The average molecular weight is 2010 g/mol. The summed E-state index contributed by atoms with van der Waals surface area (Å²) in [6, 6.07) is 66.7. The van der Waals surface area contributed by atoms with E-state index < -0.39 is 28.2 Å². The van der Waals surface area contributed by atoms with Crippen LogP contribution < -0.4 is 39.5 Å². The van der Waals surface area contributed by atoms with E-state index in [0.29, 0.717) is 33.6 Å². The van der Waals surface area contributed by atoms with Gasteiger partial charge in [-0.15, -0.1) is 56.5 Å². The number of thiocarbonyl (C=S) groups is 1. The number of hydrogen-bond acceptors (Lipinski definition) is 13. The molecule has 4 aliphatic rings. The van der Waals surface area contributed by atoms with Crippen LogP contribution in [0.15, 0.2) is 217 Å². The zero-order valence-electron chi connectivity index (χ0n) is 60.9. The number of carbonyl (C=O) groups is 5. The van der Waals surface area contributed by atoms with Gasteiger partial charge >= 0.3 is 35.0 Å². The van der Waals surface area contributed by atoms with Crippen LogP contribution in [-0.4, -0.2) is 98.2 Å². The molecule has 4 aliphatic carbocycles. The number of nitrogens with one attached hydrogen (secondary N) is 1. The van der Waals surface area contributed by atoms with Gasteiger partial charge in [-0.2, -0.15) is 0 Å². The third-order valence-corrected chi connectivity index (χ3v) is 17.8. The number of alkyl halides is 4. The van der Waals surface area contributed by atoms with Gasteiger partial charge in [0.1, 0.15) is 5.88 Å². The normalized spacial score (nSPS) is 11.6. The molecule has 0 bridgehead atoms. The zero-order chi connectivity index (χ0) is 81.6. The SMILES string of the molecule is Brc1cccc2ccccc12.CC(=O)c1ccc(N)c(Cl)c1.ClCCl.Nc1ccc(C(=O)O)cc1Cl.Nc1ccc(C2CC2)c2ccccc12.O=C(CCl)Nc1ccc(C(=O)O)cc1Cl.O=C(Cl)CCl.O=[N+]([O-])O.O=[N+]([O-])c1ccc(C2CC2)c2ccccc12.S=C(Cl)Cl.[Br-].[CH-]1CC1.[CH3-].[HH].[Mg+2].[Pd].c1ccc2c(C3CC3)cccc2c1. The number of anilines is 4. The molecule has 10 N–H and O–H groups in total. The Morgan fingerprint density at radius 2 is 0.860 bits per heavy atom. The van der Waals surface area contributed by atoms with E-state index in [2.05, 4.69) is 143 Å². The van der Waals surface area contributed by atoms with Crippen LogP contribution in [0.1, 0.15) is 125 Å². The zero-order valence-corrected chi connectivity index (χ0v) is 75.4. The van der Waals surface area contributed by atoms with Gasteiger partial charge in [0, 0.05) is 49.0 Å². The first-order valence-electron chi connectivity index (χ1n) is 33.0. The number of fused-ring (bicyclic) bond motifs is 4. The number of carbonyl (C=O) groups excluding carboxylic acids is 3. The number of nitrogens with two attached hydrogens (primary N) is 3. The Morgan fingerprint density at radius 1 is 0.526 bits per heavy atom. The van der Waals surface area contributed by atoms with E-state index in [9.17, 15) is 34.1 Å². The second-order valence-corrected chi connectivity index (χ2v) is 29.2. The Balaban J connectivity index is 0. The number of carboxylic acids is 2. The van der Waals surface area contributed by atoms with Crippen molar-refractivity contribution < 1.29 is 88.2 Å². The maximum Gasteiger partial charge on any atom is 2.00 e. The van der Waals surface area contributed by atoms with Gasteiger partial charge in [-0.3, -0.25) is 24.5 Å². The van der Waals surface area contributed by atoms with Crippen LogP contribution in [0.3, 0.4) is 0 Å². The molecule has 4 saturated carbocycles. The molecule has 1 amide bonds. The Bertz CT molecular complexity index is 4880. The number of hydrogen-bond donors (Lipinski definition) is 7. The van der Waals surface area contributed by atoms with Crippen molar-refractivity contribution in [3.05, 3.63) is 299 Å². The topological polar surface area (TPSA) is 322 Å². The first-order valence-corrected chi connectivity index (χ1v) is 38.6. The first kappa shape index (κ1) is 108. The average Bonchev–Trinajstić information content (AvgIpc) is 1.76. The second kappa shape index (κ2) is 57.6. The first-order chi connectivity index (χ1) is 52.4. The van der Waals surface area contributed by atoms with Gasteiger partial charge in [-0.25, -0.2) is 22.4 Å². The predicted octanol–water partition coefficient (Wildman–Crippen LogP) is 22.3. The van der Waals surface area contributed by atoms with Crippen molar-refractivity contribution in [1.29, 1.82) is 0 Å². The summed E-state index contributed by atoms with van der Waals surface area (Å²) >= 11 is 58.5. The summed E-state index contributed by atoms with van der Waals surface area (Å²) in [5, 5.41) is 54.4. The summed E-state index contributed by atoms with van der Waals surface area (Å²) in [5.74, 6) is -0.511. The number of halogens is 12. The molecule has 4 fully saturated rings. The fourth-order valence-corrected chi connectivity index (χ4v) is 11.0. The van der Waals surface area contributed by atoms with E-state index in [-0.39, 0.29) is 128 Å². The molecule has 0 radical (unpaired) electrons. The minimum Gasteiger partial charge on any atom is -1.00 e. The van der Waals surface area contributed by atoms with Gasteiger partial charge in [-0.05, 0) is 197 Å². The number of rotatable bonds is 10. The van der Waals surface area contributed by atoms with Gasteiger partial charge in [0.15, 0.2) is 9.57 Å². The third-order valence-electron chi connectivity index (χ3n) is 15.4. The number of benzene rings is 11. The molecule has 608 valence electrons. The maximum absolute atomic E-state index is 10.9. The number of amides is 1. The van der Waals surface area contributed by atoms with Crippen molar-refractivity contribution in [1.82, 2.24) is 0 Å². The maximum atomic E-state index is 10.9. The molecule has 11 aromatic rings. The van der Waals surface area contributed by atoms with E-state index in [1.807, 2.05) is 48.5 Å². The van der Waals surface area contributed by atoms with Crippen LogP contribution >= 0.6 is 144 Å². The number of Topliss-reactive ketones (excluding diaryl/α,β-unsaturated/α-hetero) is 1. The van der Waals surface area contributed by atoms with Crippen LogP contribution in [0.4, 0.5) is 28.4 Å². The number of nitro groups is 1. The summed E-state index contributed by atoms with van der Waals surface area (Å²) in [6.45, 7) is 1.49. The fourth-order valence-electron chi connectivity index (χ4n) is 9.84. The number of aromatic carboxylic acids is 2. The number of nitrogen functional groups attached to an aromatic ring is 3.